The number of hydrogen-bond acceptors (Lipinski definition) is 6. The highest BCUT2D eigenvalue weighted by atomic mass is 16.7. The van der Waals surface area contributed by atoms with E-state index < -0.39 is 18.7 Å². The molecule has 2 aromatic rings. The lowest BCUT2D eigenvalue weighted by molar-refractivity contribution is -0.0165. The van der Waals surface area contributed by atoms with E-state index >= 15 is 0 Å². The predicted octanol–water partition coefficient (Wildman–Crippen LogP) is 1.82. The summed E-state index contributed by atoms with van der Waals surface area (Å²) in [7, 11) is 0. The van der Waals surface area contributed by atoms with E-state index in [4.69, 9.17) is 20.9 Å². The summed E-state index contributed by atoms with van der Waals surface area (Å²) < 4.78 is 9.68. The minimum absolute atomic E-state index is 0.216. The first-order chi connectivity index (χ1) is 10.1. The lowest BCUT2D eigenvalue weighted by Crippen LogP contribution is -2.15. The van der Waals surface area contributed by atoms with Crippen LogP contribution in [0.2, 0.25) is 0 Å². The summed E-state index contributed by atoms with van der Waals surface area (Å²) in [4.78, 5) is 23.5. The van der Waals surface area contributed by atoms with E-state index in [9.17, 15) is 9.59 Å². The van der Waals surface area contributed by atoms with Crippen molar-refractivity contribution in [1.82, 2.24) is 0 Å². The molecule has 0 fully saturated rings. The molecule has 0 unspecified atom stereocenters. The number of esters is 2. The van der Waals surface area contributed by atoms with Gasteiger partial charge in [0.1, 0.15) is 0 Å². The van der Waals surface area contributed by atoms with Crippen LogP contribution < -0.4 is 11.5 Å². The van der Waals surface area contributed by atoms with Crippen LogP contribution in [0.1, 0.15) is 20.7 Å². The van der Waals surface area contributed by atoms with Gasteiger partial charge < -0.3 is 20.9 Å². The molecule has 0 spiro atoms. The quantitative estimate of drug-likeness (QED) is 0.504. The number of ether oxygens (including phenoxy) is 2. The summed E-state index contributed by atoms with van der Waals surface area (Å²) in [5, 5.41) is 0. The fraction of sp³-hybridized carbons (Fsp3) is 0.0667. The van der Waals surface area contributed by atoms with Crippen LogP contribution in [0.3, 0.4) is 0 Å². The third-order valence-corrected chi connectivity index (χ3v) is 2.74. The van der Waals surface area contributed by atoms with Crippen LogP contribution in [-0.4, -0.2) is 18.7 Å². The van der Waals surface area contributed by atoms with E-state index in [0.29, 0.717) is 11.4 Å². The number of nitrogens with two attached hydrogens (primary N) is 2. The van der Waals surface area contributed by atoms with Gasteiger partial charge in [0.05, 0.1) is 11.1 Å². The topological polar surface area (TPSA) is 105 Å². The van der Waals surface area contributed by atoms with Crippen molar-refractivity contribution in [2.24, 2.45) is 0 Å². The molecule has 0 aromatic heterocycles. The number of hydrogen-bond donors (Lipinski definition) is 2. The zero-order valence-corrected chi connectivity index (χ0v) is 11.1. The first kappa shape index (κ1) is 14.4. The Morgan fingerprint density at radius 3 is 1.52 bits per heavy atom. The molecular weight excluding hydrogens is 272 g/mol. The van der Waals surface area contributed by atoms with Crippen molar-refractivity contribution in [3.63, 3.8) is 0 Å². The third-order valence-electron chi connectivity index (χ3n) is 2.74. The zero-order valence-electron chi connectivity index (χ0n) is 11.1. The molecule has 4 N–H and O–H groups in total. The number of rotatable bonds is 4. The molecular formula is C15H14N2O4. The summed E-state index contributed by atoms with van der Waals surface area (Å²) in [6.45, 7) is -0.514. The summed E-state index contributed by atoms with van der Waals surface area (Å²) in [5.41, 5.74) is 12.3. The van der Waals surface area contributed by atoms with Gasteiger partial charge in [-0.05, 0) is 24.3 Å². The molecule has 0 bridgehead atoms. The first-order valence-electron chi connectivity index (χ1n) is 6.13. The smallest absolute Gasteiger partial charge is 0.343 e. The van der Waals surface area contributed by atoms with E-state index in [2.05, 4.69) is 0 Å². The second-order valence-electron chi connectivity index (χ2n) is 4.16. The van der Waals surface area contributed by atoms with Gasteiger partial charge in [-0.15, -0.1) is 0 Å². The molecule has 0 atom stereocenters. The lowest BCUT2D eigenvalue weighted by atomic mass is 10.2. The van der Waals surface area contributed by atoms with Gasteiger partial charge in [-0.25, -0.2) is 9.59 Å². The number of carbonyl (C=O) groups excluding carboxylic acids is 2. The van der Waals surface area contributed by atoms with Gasteiger partial charge in [-0.3, -0.25) is 0 Å². The van der Waals surface area contributed by atoms with Gasteiger partial charge >= 0.3 is 11.9 Å². The summed E-state index contributed by atoms with van der Waals surface area (Å²) in [6.07, 6.45) is 0. The van der Waals surface area contributed by atoms with E-state index in [0.717, 1.165) is 0 Å². The average Bonchev–Trinajstić information content (AvgIpc) is 2.48. The molecule has 0 aliphatic heterocycles. The van der Waals surface area contributed by atoms with Crippen molar-refractivity contribution in [2.45, 2.75) is 0 Å². The van der Waals surface area contributed by atoms with E-state index in [1.54, 1.807) is 36.4 Å². The molecule has 21 heavy (non-hydrogen) atoms. The van der Waals surface area contributed by atoms with Gasteiger partial charge in [0, 0.05) is 11.4 Å². The highest BCUT2D eigenvalue weighted by Gasteiger charge is 2.13. The Bertz CT molecular complexity index is 613. The van der Waals surface area contributed by atoms with Crippen molar-refractivity contribution < 1.29 is 19.1 Å². The minimum atomic E-state index is -0.665. The molecule has 0 saturated heterocycles. The number of anilines is 2. The highest BCUT2D eigenvalue weighted by molar-refractivity contribution is 5.96. The maximum atomic E-state index is 11.7. The number of nitrogen functional groups attached to an aromatic ring is 2. The first-order valence-corrected chi connectivity index (χ1v) is 6.13. The fourth-order valence-corrected chi connectivity index (χ4v) is 1.66. The Kier molecular flexibility index (Phi) is 4.40. The maximum Gasteiger partial charge on any atom is 0.343 e. The number of para-hydroxylation sites is 2. The highest BCUT2D eigenvalue weighted by Crippen LogP contribution is 2.13. The van der Waals surface area contributed by atoms with Gasteiger partial charge in [0.15, 0.2) is 0 Å². The second kappa shape index (κ2) is 6.42. The molecule has 6 heteroatoms. The molecule has 0 heterocycles. The Balaban J connectivity index is 1.90. The van der Waals surface area contributed by atoms with Gasteiger partial charge in [0.25, 0.3) is 0 Å². The standard InChI is InChI=1S/C15H14N2O4/c16-12-7-3-1-5-10(12)14(18)20-9-21-15(19)11-6-2-4-8-13(11)17/h1-8H,9,16-17H2. The van der Waals surface area contributed by atoms with Crippen LogP contribution in [0.25, 0.3) is 0 Å². The van der Waals surface area contributed by atoms with Gasteiger partial charge in [-0.2, -0.15) is 0 Å². The van der Waals surface area contributed by atoms with Crippen molar-refractivity contribution in [3.8, 4) is 0 Å². The Morgan fingerprint density at radius 2 is 1.14 bits per heavy atom. The van der Waals surface area contributed by atoms with Gasteiger partial charge in [-0.1, -0.05) is 24.3 Å². The third kappa shape index (κ3) is 3.50. The van der Waals surface area contributed by atoms with Crippen LogP contribution in [-0.2, 0) is 9.47 Å². The van der Waals surface area contributed by atoms with Crippen molar-refractivity contribution >= 4 is 23.3 Å². The Hall–Kier alpha value is -3.02. The van der Waals surface area contributed by atoms with E-state index in [1.165, 1.54) is 12.1 Å². The van der Waals surface area contributed by atoms with E-state index in [-0.39, 0.29) is 11.1 Å². The monoisotopic (exact) mass is 286 g/mol. The number of benzene rings is 2. The second-order valence-corrected chi connectivity index (χ2v) is 4.16. The average molecular weight is 286 g/mol. The normalized spacial score (nSPS) is 9.90. The molecule has 2 rings (SSSR count). The largest absolute Gasteiger partial charge is 0.424 e. The molecule has 0 radical (unpaired) electrons. The maximum absolute atomic E-state index is 11.7. The van der Waals surface area contributed by atoms with Crippen molar-refractivity contribution in [2.75, 3.05) is 18.3 Å². The Morgan fingerprint density at radius 1 is 0.762 bits per heavy atom. The molecule has 108 valence electrons. The molecule has 2 aromatic carbocycles. The zero-order chi connectivity index (χ0) is 15.2. The molecule has 0 amide bonds. The van der Waals surface area contributed by atoms with Crippen molar-refractivity contribution in [3.05, 3.63) is 59.7 Å². The molecule has 0 aliphatic rings. The lowest BCUT2D eigenvalue weighted by Gasteiger charge is -2.08. The van der Waals surface area contributed by atoms with Crippen LogP contribution in [0.15, 0.2) is 48.5 Å². The summed E-state index contributed by atoms with van der Waals surface area (Å²) in [6, 6.07) is 12.9. The number of carbonyl (C=O) groups is 2. The summed E-state index contributed by atoms with van der Waals surface area (Å²) in [5.74, 6) is -1.33. The predicted molar refractivity (Wildman–Crippen MR) is 77.4 cm³/mol. The Labute approximate surface area is 121 Å². The van der Waals surface area contributed by atoms with Crippen LogP contribution >= 0.6 is 0 Å². The molecule has 0 aliphatic carbocycles. The van der Waals surface area contributed by atoms with Crippen LogP contribution in [0.4, 0.5) is 11.4 Å². The van der Waals surface area contributed by atoms with E-state index in [1.807, 2.05) is 0 Å². The SMILES string of the molecule is Nc1ccccc1C(=O)OCOC(=O)c1ccccc1N. The fourth-order valence-electron chi connectivity index (χ4n) is 1.66. The summed E-state index contributed by atoms with van der Waals surface area (Å²) >= 11 is 0. The van der Waals surface area contributed by atoms with Crippen LogP contribution in [0, 0.1) is 0 Å². The minimum Gasteiger partial charge on any atom is -0.424 e. The van der Waals surface area contributed by atoms with Crippen molar-refractivity contribution in [1.29, 1.82) is 0 Å². The molecule has 0 saturated carbocycles. The van der Waals surface area contributed by atoms with Crippen LogP contribution in [0.5, 0.6) is 0 Å². The van der Waals surface area contributed by atoms with Gasteiger partial charge in [0.2, 0.25) is 6.79 Å². The molecule has 6 nitrogen and oxygen atoms in total.